The Hall–Kier alpha value is -1.61. The standard InChI is InChI=1S/C15H18N2O/c1-18-12-4-5-15-14(9-12)13(6-8-17-15)11-3-2-7-16-10-11/h4-6,8-9,11,16H,2-3,7,10H2,1H3. The van der Waals surface area contributed by atoms with E-state index in [0.717, 1.165) is 24.4 Å². The van der Waals surface area contributed by atoms with Crippen LogP contribution < -0.4 is 10.1 Å². The van der Waals surface area contributed by atoms with Crippen molar-refractivity contribution < 1.29 is 4.74 Å². The van der Waals surface area contributed by atoms with Crippen LogP contribution >= 0.6 is 0 Å². The lowest BCUT2D eigenvalue weighted by atomic mass is 9.89. The van der Waals surface area contributed by atoms with Crippen molar-refractivity contribution in [1.29, 1.82) is 0 Å². The highest BCUT2D eigenvalue weighted by Gasteiger charge is 2.17. The van der Waals surface area contributed by atoms with Gasteiger partial charge >= 0.3 is 0 Å². The minimum atomic E-state index is 0.594. The van der Waals surface area contributed by atoms with Crippen LogP contribution in [-0.2, 0) is 0 Å². The summed E-state index contributed by atoms with van der Waals surface area (Å²) >= 11 is 0. The van der Waals surface area contributed by atoms with E-state index in [-0.39, 0.29) is 0 Å². The molecule has 2 aromatic rings. The maximum absolute atomic E-state index is 5.32. The lowest BCUT2D eigenvalue weighted by Gasteiger charge is -2.24. The zero-order chi connectivity index (χ0) is 12.4. The van der Waals surface area contributed by atoms with Crippen molar-refractivity contribution in [3.8, 4) is 5.75 Å². The summed E-state index contributed by atoms with van der Waals surface area (Å²) in [6, 6.07) is 8.26. The molecule has 3 rings (SSSR count). The second-order valence-electron chi connectivity index (χ2n) is 4.83. The topological polar surface area (TPSA) is 34.1 Å². The molecule has 0 saturated carbocycles. The molecule has 1 atom stereocenters. The smallest absolute Gasteiger partial charge is 0.119 e. The average Bonchev–Trinajstić information content (AvgIpc) is 2.47. The molecular weight excluding hydrogens is 224 g/mol. The normalized spacial score (nSPS) is 19.9. The summed E-state index contributed by atoms with van der Waals surface area (Å²) in [6.07, 6.45) is 4.42. The third-order valence-corrected chi connectivity index (χ3v) is 3.72. The van der Waals surface area contributed by atoms with Crippen molar-refractivity contribution in [2.45, 2.75) is 18.8 Å². The van der Waals surface area contributed by atoms with Crippen LogP contribution in [0, 0.1) is 0 Å². The quantitative estimate of drug-likeness (QED) is 0.879. The first kappa shape index (κ1) is 11.5. The number of pyridine rings is 1. The molecule has 2 heterocycles. The zero-order valence-corrected chi connectivity index (χ0v) is 10.6. The van der Waals surface area contributed by atoms with E-state index in [2.05, 4.69) is 22.4 Å². The number of nitrogens with zero attached hydrogens (tertiary/aromatic N) is 1. The summed E-state index contributed by atoms with van der Waals surface area (Å²) in [5.41, 5.74) is 2.45. The molecular formula is C15H18N2O. The van der Waals surface area contributed by atoms with Gasteiger partial charge in [-0.3, -0.25) is 4.98 Å². The van der Waals surface area contributed by atoms with Gasteiger partial charge in [0.25, 0.3) is 0 Å². The lowest BCUT2D eigenvalue weighted by Crippen LogP contribution is -2.28. The predicted molar refractivity (Wildman–Crippen MR) is 73.1 cm³/mol. The molecule has 1 saturated heterocycles. The number of fused-ring (bicyclic) bond motifs is 1. The molecule has 0 aliphatic carbocycles. The minimum absolute atomic E-state index is 0.594. The molecule has 0 amide bonds. The maximum Gasteiger partial charge on any atom is 0.119 e. The highest BCUT2D eigenvalue weighted by atomic mass is 16.5. The van der Waals surface area contributed by atoms with Crippen molar-refractivity contribution in [2.75, 3.05) is 20.2 Å². The van der Waals surface area contributed by atoms with E-state index in [0.29, 0.717) is 5.92 Å². The predicted octanol–water partition coefficient (Wildman–Crippen LogP) is 2.71. The molecule has 1 N–H and O–H groups in total. The SMILES string of the molecule is COc1ccc2nccc(C3CCCNC3)c2c1. The minimum Gasteiger partial charge on any atom is -0.497 e. The van der Waals surface area contributed by atoms with E-state index in [4.69, 9.17) is 4.74 Å². The molecule has 3 heteroatoms. The van der Waals surface area contributed by atoms with Crippen LogP contribution in [0.5, 0.6) is 5.75 Å². The molecule has 0 radical (unpaired) electrons. The highest BCUT2D eigenvalue weighted by molar-refractivity contribution is 5.84. The van der Waals surface area contributed by atoms with Crippen LogP contribution in [0.25, 0.3) is 10.9 Å². The maximum atomic E-state index is 5.32. The summed E-state index contributed by atoms with van der Waals surface area (Å²) in [4.78, 5) is 4.44. The first-order chi connectivity index (χ1) is 8.88. The third-order valence-electron chi connectivity index (χ3n) is 3.72. The van der Waals surface area contributed by atoms with Gasteiger partial charge in [0, 0.05) is 18.1 Å². The monoisotopic (exact) mass is 242 g/mol. The molecule has 1 aromatic carbocycles. The molecule has 1 fully saturated rings. The van der Waals surface area contributed by atoms with Crippen molar-refractivity contribution in [2.24, 2.45) is 0 Å². The molecule has 94 valence electrons. The molecule has 3 nitrogen and oxygen atoms in total. The Morgan fingerprint density at radius 3 is 3.06 bits per heavy atom. The second-order valence-corrected chi connectivity index (χ2v) is 4.83. The molecule has 0 spiro atoms. The van der Waals surface area contributed by atoms with E-state index in [9.17, 15) is 0 Å². The van der Waals surface area contributed by atoms with Crippen LogP contribution in [0.15, 0.2) is 30.5 Å². The Kier molecular flexibility index (Phi) is 3.15. The largest absolute Gasteiger partial charge is 0.497 e. The molecule has 1 aliphatic rings. The van der Waals surface area contributed by atoms with Gasteiger partial charge in [-0.1, -0.05) is 0 Å². The Balaban J connectivity index is 2.09. The van der Waals surface area contributed by atoms with Crippen molar-refractivity contribution >= 4 is 10.9 Å². The first-order valence-corrected chi connectivity index (χ1v) is 6.52. The van der Waals surface area contributed by atoms with E-state index in [1.165, 1.54) is 23.8 Å². The van der Waals surface area contributed by atoms with Crippen LogP contribution in [0.4, 0.5) is 0 Å². The zero-order valence-electron chi connectivity index (χ0n) is 10.6. The van der Waals surface area contributed by atoms with Gasteiger partial charge in [0.15, 0.2) is 0 Å². The van der Waals surface area contributed by atoms with Crippen molar-refractivity contribution in [3.63, 3.8) is 0 Å². The average molecular weight is 242 g/mol. The Morgan fingerprint density at radius 2 is 2.28 bits per heavy atom. The Morgan fingerprint density at radius 1 is 1.33 bits per heavy atom. The van der Waals surface area contributed by atoms with Crippen LogP contribution in [0.2, 0.25) is 0 Å². The van der Waals surface area contributed by atoms with Crippen LogP contribution in [0.3, 0.4) is 0 Å². The van der Waals surface area contributed by atoms with E-state index in [1.807, 2.05) is 18.3 Å². The number of methoxy groups -OCH3 is 1. The Bertz CT molecular complexity index is 547. The van der Waals surface area contributed by atoms with Crippen LogP contribution in [0.1, 0.15) is 24.3 Å². The van der Waals surface area contributed by atoms with E-state index in [1.54, 1.807) is 7.11 Å². The van der Waals surface area contributed by atoms with Gasteiger partial charge < -0.3 is 10.1 Å². The van der Waals surface area contributed by atoms with Gasteiger partial charge in [-0.25, -0.2) is 0 Å². The molecule has 1 aliphatic heterocycles. The van der Waals surface area contributed by atoms with Gasteiger partial charge in [-0.2, -0.15) is 0 Å². The summed E-state index contributed by atoms with van der Waals surface area (Å²) in [5.74, 6) is 1.50. The summed E-state index contributed by atoms with van der Waals surface area (Å²) in [7, 11) is 1.71. The first-order valence-electron chi connectivity index (χ1n) is 6.52. The third kappa shape index (κ3) is 2.06. The fourth-order valence-electron chi connectivity index (χ4n) is 2.75. The molecule has 0 bridgehead atoms. The van der Waals surface area contributed by atoms with Crippen molar-refractivity contribution in [3.05, 3.63) is 36.0 Å². The number of hydrogen-bond acceptors (Lipinski definition) is 3. The number of benzene rings is 1. The summed E-state index contributed by atoms with van der Waals surface area (Å²) in [5, 5.41) is 4.70. The molecule has 1 aromatic heterocycles. The highest BCUT2D eigenvalue weighted by Crippen LogP contribution is 2.30. The van der Waals surface area contributed by atoms with Crippen molar-refractivity contribution in [1.82, 2.24) is 10.3 Å². The van der Waals surface area contributed by atoms with Crippen LogP contribution in [-0.4, -0.2) is 25.2 Å². The molecule has 18 heavy (non-hydrogen) atoms. The molecule has 1 unspecified atom stereocenters. The Labute approximate surface area is 107 Å². The number of nitrogens with one attached hydrogen (secondary N) is 1. The summed E-state index contributed by atoms with van der Waals surface area (Å²) in [6.45, 7) is 2.21. The van der Waals surface area contributed by atoms with Gasteiger partial charge in [0.05, 0.1) is 12.6 Å². The summed E-state index contributed by atoms with van der Waals surface area (Å²) < 4.78 is 5.32. The lowest BCUT2D eigenvalue weighted by molar-refractivity contribution is 0.415. The number of hydrogen-bond donors (Lipinski definition) is 1. The number of piperidine rings is 1. The van der Waals surface area contributed by atoms with E-state index < -0.39 is 0 Å². The number of rotatable bonds is 2. The second kappa shape index (κ2) is 4.94. The number of aromatic nitrogens is 1. The fraction of sp³-hybridized carbons (Fsp3) is 0.400. The van der Waals surface area contributed by atoms with Gasteiger partial charge in [0.1, 0.15) is 5.75 Å². The van der Waals surface area contributed by atoms with Gasteiger partial charge in [-0.15, -0.1) is 0 Å². The fourth-order valence-corrected chi connectivity index (χ4v) is 2.75. The number of ether oxygens (including phenoxy) is 1. The van der Waals surface area contributed by atoms with E-state index >= 15 is 0 Å². The van der Waals surface area contributed by atoms with Gasteiger partial charge in [-0.05, 0) is 55.1 Å². The van der Waals surface area contributed by atoms with Gasteiger partial charge in [0.2, 0.25) is 0 Å².